The fourth-order valence-electron chi connectivity index (χ4n) is 7.30. The second-order valence-corrected chi connectivity index (χ2v) is 17.9. The first-order valence-electron chi connectivity index (χ1n) is 21.3. The lowest BCUT2D eigenvalue weighted by Crippen LogP contribution is -2.46. The van der Waals surface area contributed by atoms with Gasteiger partial charge in [-0.25, -0.2) is 37.3 Å². The molecule has 1 saturated heterocycles. The molecule has 3 heterocycles. The topological polar surface area (TPSA) is 163 Å². The molecule has 1 unspecified atom stereocenters. The van der Waals surface area contributed by atoms with E-state index in [9.17, 15) is 63.9 Å². The van der Waals surface area contributed by atoms with Crippen LogP contribution in [0, 0.1) is 11.6 Å². The van der Waals surface area contributed by atoms with Crippen molar-refractivity contribution in [3.05, 3.63) is 147 Å². The Bertz CT molecular complexity index is 3200. The van der Waals surface area contributed by atoms with Crippen molar-refractivity contribution >= 4 is 80.8 Å². The highest BCUT2D eigenvalue weighted by atomic mass is 35.5. The van der Waals surface area contributed by atoms with E-state index in [0.29, 0.717) is 12.1 Å². The van der Waals surface area contributed by atoms with E-state index < -0.39 is 87.2 Å². The van der Waals surface area contributed by atoms with Crippen LogP contribution >= 0.6 is 47.2 Å². The number of isothiocyanates is 1. The van der Waals surface area contributed by atoms with Gasteiger partial charge in [0.1, 0.15) is 29.1 Å². The van der Waals surface area contributed by atoms with Crippen LogP contribution in [0.1, 0.15) is 51.6 Å². The third kappa shape index (κ3) is 14.1. The summed E-state index contributed by atoms with van der Waals surface area (Å²) >= 11 is 17.2. The Morgan fingerprint density at radius 3 is 1.63 bits per heavy atom. The molecular formula is C46H44Cl2F8N8O7S2. The van der Waals surface area contributed by atoms with Crippen LogP contribution in [0.4, 0.5) is 46.5 Å². The molecule has 0 saturated carbocycles. The van der Waals surface area contributed by atoms with Gasteiger partial charge in [0, 0.05) is 44.7 Å². The highest BCUT2D eigenvalue weighted by molar-refractivity contribution is 8.15. The number of halogens is 10. The van der Waals surface area contributed by atoms with Gasteiger partial charge in [0.2, 0.25) is 5.91 Å². The summed E-state index contributed by atoms with van der Waals surface area (Å²) in [6.07, 6.45) is -9.84. The zero-order valence-corrected chi connectivity index (χ0v) is 42.9. The van der Waals surface area contributed by atoms with E-state index in [-0.39, 0.29) is 69.2 Å². The predicted molar refractivity (Wildman–Crippen MR) is 264 cm³/mol. The van der Waals surface area contributed by atoms with Gasteiger partial charge < -0.3 is 4.74 Å². The Labute approximate surface area is 429 Å². The molecule has 392 valence electrons. The monoisotopic (exact) mass is 1110 g/mol. The summed E-state index contributed by atoms with van der Waals surface area (Å²) in [5.41, 5.74) is -9.51. The maximum absolute atomic E-state index is 14.9. The van der Waals surface area contributed by atoms with E-state index in [1.165, 1.54) is 0 Å². The lowest BCUT2D eigenvalue weighted by molar-refractivity contribution is -0.148. The SMILES string of the molecule is CCN(C(C)C)C(C)C.COC(=O)C(Cc1ccccc1)N1C(=O)CSC1=Nc1cc(-n2c(=O)cc(C(F)(F)F)n(C)c2=O)c(F)cc1Cl.Cn1c(C(F)(F)F)cc(=O)n(-c2cc(N=C=S)c(Cl)cc2F)c1=O. The zero-order valence-electron chi connectivity index (χ0n) is 39.7. The molecule has 0 aliphatic carbocycles. The maximum Gasteiger partial charge on any atom is 0.431 e. The van der Waals surface area contributed by atoms with E-state index in [1.807, 2.05) is 5.16 Å². The molecule has 73 heavy (non-hydrogen) atoms. The van der Waals surface area contributed by atoms with Gasteiger partial charge in [-0.15, -0.1) is 0 Å². The highest BCUT2D eigenvalue weighted by Gasteiger charge is 2.40. The first kappa shape index (κ1) is 59.3. The van der Waals surface area contributed by atoms with Crippen LogP contribution in [0.3, 0.4) is 0 Å². The molecular weight excluding hydrogens is 1060 g/mol. The molecule has 1 atom stereocenters. The molecule has 2 aromatic heterocycles. The van der Waals surface area contributed by atoms with Gasteiger partial charge >= 0.3 is 29.7 Å². The Morgan fingerprint density at radius 1 is 0.781 bits per heavy atom. The highest BCUT2D eigenvalue weighted by Crippen LogP contribution is 2.35. The third-order valence-electron chi connectivity index (χ3n) is 10.7. The summed E-state index contributed by atoms with van der Waals surface area (Å²) in [6.45, 7) is 12.3. The Kier molecular flexibility index (Phi) is 20.0. The van der Waals surface area contributed by atoms with Gasteiger partial charge in [-0.3, -0.25) is 33.3 Å². The molecule has 0 bridgehead atoms. The number of aliphatic imine (C=N–C) groups is 2. The van der Waals surface area contributed by atoms with E-state index in [4.69, 9.17) is 27.9 Å². The number of carbonyl (C=O) groups excluding carboxylic acids is 2. The third-order valence-corrected chi connectivity index (χ3v) is 12.3. The number of rotatable bonds is 11. The number of alkyl halides is 6. The minimum Gasteiger partial charge on any atom is -0.467 e. The smallest absolute Gasteiger partial charge is 0.431 e. The van der Waals surface area contributed by atoms with Crippen molar-refractivity contribution in [3.8, 4) is 11.4 Å². The van der Waals surface area contributed by atoms with Crippen LogP contribution in [0.25, 0.3) is 11.4 Å². The fraction of sp³-hybridized carbons (Fsp3) is 0.348. The Hall–Kier alpha value is -6.24. The lowest BCUT2D eigenvalue weighted by atomic mass is 10.0. The minimum absolute atomic E-state index is 0.00320. The Balaban J connectivity index is 0.000000295. The van der Waals surface area contributed by atoms with Crippen molar-refractivity contribution in [1.29, 1.82) is 0 Å². The zero-order chi connectivity index (χ0) is 55.0. The van der Waals surface area contributed by atoms with E-state index in [0.717, 1.165) is 74.2 Å². The minimum atomic E-state index is -5.01. The predicted octanol–water partition coefficient (Wildman–Crippen LogP) is 8.90. The molecule has 1 amide bonds. The number of thiocarbonyl (C=S) groups is 1. The maximum atomic E-state index is 14.9. The van der Waals surface area contributed by atoms with Crippen LogP contribution in [0.2, 0.25) is 10.0 Å². The van der Waals surface area contributed by atoms with Gasteiger partial charge in [-0.2, -0.15) is 31.3 Å². The van der Waals surface area contributed by atoms with Crippen molar-refractivity contribution in [3.63, 3.8) is 0 Å². The molecule has 0 N–H and O–H groups in total. The average Bonchev–Trinajstić information content (AvgIpc) is 3.66. The van der Waals surface area contributed by atoms with Crippen LogP contribution in [0.5, 0.6) is 0 Å². The molecule has 6 rings (SSSR count). The molecule has 27 heteroatoms. The van der Waals surface area contributed by atoms with Crippen molar-refractivity contribution in [1.82, 2.24) is 28.1 Å². The van der Waals surface area contributed by atoms with Gasteiger partial charge in [-0.1, -0.05) is 72.2 Å². The number of aromatic nitrogens is 4. The summed E-state index contributed by atoms with van der Waals surface area (Å²) < 4.78 is 113. The van der Waals surface area contributed by atoms with Crippen molar-refractivity contribution in [2.24, 2.45) is 24.1 Å². The number of amidine groups is 1. The van der Waals surface area contributed by atoms with Crippen molar-refractivity contribution in [2.45, 2.75) is 71.5 Å². The molecule has 1 fully saturated rings. The van der Waals surface area contributed by atoms with Crippen LogP contribution in [-0.4, -0.2) is 87.8 Å². The van der Waals surface area contributed by atoms with Gasteiger partial charge in [0.15, 0.2) is 5.17 Å². The number of benzene rings is 3. The molecule has 15 nitrogen and oxygen atoms in total. The number of methoxy groups -OCH3 is 1. The fourth-order valence-corrected chi connectivity index (χ4v) is 8.71. The van der Waals surface area contributed by atoms with Crippen molar-refractivity contribution < 1.29 is 49.4 Å². The molecule has 5 aromatic rings. The van der Waals surface area contributed by atoms with Crippen LogP contribution in [-0.2, 0) is 47.2 Å². The van der Waals surface area contributed by atoms with Crippen LogP contribution < -0.4 is 22.5 Å². The molecule has 1 aliphatic heterocycles. The second-order valence-electron chi connectivity index (χ2n) is 16.0. The molecule has 1 aliphatic rings. The summed E-state index contributed by atoms with van der Waals surface area (Å²) in [5, 5.41) is 1.51. The van der Waals surface area contributed by atoms with E-state index in [1.54, 1.807) is 30.3 Å². The van der Waals surface area contributed by atoms with Gasteiger partial charge in [-0.05, 0) is 76.3 Å². The molecule has 0 spiro atoms. The number of hydrogen-bond donors (Lipinski definition) is 0. The number of ether oxygens (including phenoxy) is 1. The van der Waals surface area contributed by atoms with Gasteiger partial charge in [0.25, 0.3) is 11.1 Å². The summed E-state index contributed by atoms with van der Waals surface area (Å²) in [4.78, 5) is 86.2. The van der Waals surface area contributed by atoms with E-state index >= 15 is 0 Å². The summed E-state index contributed by atoms with van der Waals surface area (Å²) in [7, 11) is 2.76. The molecule has 0 radical (unpaired) electrons. The normalized spacial score (nSPS) is 13.7. The first-order valence-corrected chi connectivity index (χ1v) is 23.4. The molecule has 3 aromatic carbocycles. The second kappa shape index (κ2) is 24.7. The van der Waals surface area contributed by atoms with Crippen LogP contribution in [0.15, 0.2) is 95.9 Å². The first-order chi connectivity index (χ1) is 34.0. The lowest BCUT2D eigenvalue weighted by Gasteiger charge is -2.28. The average molecular weight is 1110 g/mol. The number of amides is 1. The number of nitrogens with zero attached hydrogens (tertiary/aromatic N) is 8. The number of carbonyl (C=O) groups is 2. The standard InChI is InChI=1S/C25H19ClF4N4O5S.C13H6ClF4N3O2S.C8H19N/c1-32-19(25(28,29)30)11-20(35)34(24(32)38)17-10-16(14(26)9-15(17)27)31-23-33(21(36)12-40-23)18(22(37)39-2)8-13-6-4-3-5-7-13;1-20-10(13(16,17)18)4-11(22)21(12(20)23)9-3-8(19-5-24)6(14)2-7(9)15;1-6-9(7(2)3)8(4)5/h3-7,9-11,18H,8,12H2,1-2H3;2-4H,1H3;7-8H,6H2,1-5H3. The summed E-state index contributed by atoms with van der Waals surface area (Å²) in [6, 6.07) is 12.7. The summed E-state index contributed by atoms with van der Waals surface area (Å²) in [5.74, 6) is -3.57. The number of esters is 1. The quantitative estimate of drug-likeness (QED) is 0.0541. The largest absolute Gasteiger partial charge is 0.467 e. The Morgan fingerprint density at radius 2 is 1.23 bits per heavy atom. The van der Waals surface area contributed by atoms with Crippen molar-refractivity contribution in [2.75, 3.05) is 19.4 Å². The number of hydrogen-bond acceptors (Lipinski definition) is 12. The van der Waals surface area contributed by atoms with Gasteiger partial charge in [0.05, 0.1) is 50.8 Å². The number of thioether (sulfide) groups is 1. The van der Waals surface area contributed by atoms with E-state index in [2.05, 4.69) is 61.7 Å².